The van der Waals surface area contributed by atoms with Gasteiger partial charge in [-0.2, -0.15) is 0 Å². The Morgan fingerprint density at radius 3 is 2.90 bits per heavy atom. The van der Waals surface area contributed by atoms with Crippen molar-refractivity contribution in [3.63, 3.8) is 0 Å². The zero-order valence-corrected chi connectivity index (χ0v) is 13.8. The van der Waals surface area contributed by atoms with Crippen LogP contribution >= 0.6 is 31.9 Å². The van der Waals surface area contributed by atoms with Gasteiger partial charge in [-0.3, -0.25) is 4.79 Å². The molecule has 4 N–H and O–H groups in total. The van der Waals surface area contributed by atoms with Gasteiger partial charge in [0.1, 0.15) is 5.69 Å². The summed E-state index contributed by atoms with van der Waals surface area (Å²) in [4.78, 5) is 18.7. The summed E-state index contributed by atoms with van der Waals surface area (Å²) in [5.41, 5.74) is 6.82. The lowest BCUT2D eigenvalue weighted by Gasteiger charge is -2.04. The summed E-state index contributed by atoms with van der Waals surface area (Å²) in [5.74, 6) is 0.222. The van der Waals surface area contributed by atoms with Gasteiger partial charge in [0, 0.05) is 13.6 Å². The molecular formula is C12H13Br2N5O. The van der Waals surface area contributed by atoms with Crippen molar-refractivity contribution in [2.24, 2.45) is 7.05 Å². The Kier molecular flexibility index (Phi) is 4.66. The largest absolute Gasteiger partial charge is 0.369 e. The van der Waals surface area contributed by atoms with Crippen LogP contribution in [-0.2, 0) is 7.05 Å². The van der Waals surface area contributed by atoms with E-state index >= 15 is 0 Å². The number of nitrogens with two attached hydrogens (primary N) is 1. The minimum atomic E-state index is -0.146. The third-order valence-electron chi connectivity index (χ3n) is 2.64. The van der Waals surface area contributed by atoms with Crippen LogP contribution < -0.4 is 11.1 Å². The topological polar surface area (TPSA) is 88.7 Å². The van der Waals surface area contributed by atoms with Crippen molar-refractivity contribution < 1.29 is 4.79 Å². The molecular weight excluding hydrogens is 390 g/mol. The highest BCUT2D eigenvalue weighted by Crippen LogP contribution is 2.25. The monoisotopic (exact) mass is 401 g/mol. The number of nitrogen functional groups attached to an aromatic ring is 1. The van der Waals surface area contributed by atoms with Crippen molar-refractivity contribution in [1.29, 1.82) is 0 Å². The molecule has 8 heteroatoms. The van der Waals surface area contributed by atoms with Gasteiger partial charge in [0.2, 0.25) is 0 Å². The molecule has 2 aromatic heterocycles. The number of amides is 1. The number of hydrogen-bond donors (Lipinski definition) is 3. The van der Waals surface area contributed by atoms with E-state index in [1.165, 1.54) is 0 Å². The highest BCUT2D eigenvalue weighted by atomic mass is 79.9. The molecule has 1 amide bonds. The van der Waals surface area contributed by atoms with Gasteiger partial charge in [-0.1, -0.05) is 6.08 Å². The summed E-state index contributed by atoms with van der Waals surface area (Å²) >= 11 is 6.75. The summed E-state index contributed by atoms with van der Waals surface area (Å²) in [7, 11) is 1.81. The fourth-order valence-electron chi connectivity index (χ4n) is 1.62. The number of carbonyl (C=O) groups excluding carboxylic acids is 1. The fraction of sp³-hybridized carbons (Fsp3) is 0.167. The van der Waals surface area contributed by atoms with Gasteiger partial charge in [-0.15, -0.1) is 0 Å². The zero-order valence-electron chi connectivity index (χ0n) is 10.7. The number of nitrogens with one attached hydrogen (secondary N) is 2. The smallest absolute Gasteiger partial charge is 0.268 e. The molecule has 0 bridgehead atoms. The van der Waals surface area contributed by atoms with Crippen molar-refractivity contribution in [3.05, 3.63) is 38.8 Å². The molecule has 0 spiro atoms. The lowest BCUT2D eigenvalue weighted by Crippen LogP contribution is -2.25. The number of anilines is 1. The first-order valence-corrected chi connectivity index (χ1v) is 7.33. The van der Waals surface area contributed by atoms with Gasteiger partial charge in [-0.25, -0.2) is 4.98 Å². The van der Waals surface area contributed by atoms with Crippen LogP contribution in [0, 0.1) is 0 Å². The maximum Gasteiger partial charge on any atom is 0.268 e. The van der Waals surface area contributed by atoms with E-state index in [2.05, 4.69) is 47.1 Å². The van der Waals surface area contributed by atoms with E-state index in [0.717, 1.165) is 14.8 Å². The standard InChI is InChI=1S/C12H13Br2N5O/c1-19-9(5-8(13)10(19)14)11(20)16-4-2-3-7-6-17-12(15)18-7/h2-3,5-6H,4H2,1H3,(H,16,20)(H3,15,17,18). The molecule has 0 aliphatic carbocycles. The van der Waals surface area contributed by atoms with Crippen molar-refractivity contribution in [2.45, 2.75) is 0 Å². The van der Waals surface area contributed by atoms with E-state index in [0.29, 0.717) is 18.2 Å². The minimum Gasteiger partial charge on any atom is -0.369 e. The number of aromatic nitrogens is 3. The third kappa shape index (κ3) is 3.31. The Labute approximate surface area is 132 Å². The fourth-order valence-corrected chi connectivity index (χ4v) is 2.41. The van der Waals surface area contributed by atoms with Crippen molar-refractivity contribution in [2.75, 3.05) is 12.3 Å². The van der Waals surface area contributed by atoms with Crippen LogP contribution in [0.25, 0.3) is 6.08 Å². The Morgan fingerprint density at radius 1 is 1.60 bits per heavy atom. The molecule has 6 nitrogen and oxygen atoms in total. The summed E-state index contributed by atoms with van der Waals surface area (Å²) in [6, 6.07) is 1.76. The van der Waals surface area contributed by atoms with Crippen molar-refractivity contribution >= 4 is 49.8 Å². The summed E-state index contributed by atoms with van der Waals surface area (Å²) in [5, 5.41) is 2.80. The van der Waals surface area contributed by atoms with Crippen molar-refractivity contribution in [1.82, 2.24) is 19.9 Å². The van der Waals surface area contributed by atoms with E-state index in [-0.39, 0.29) is 5.91 Å². The molecule has 0 fully saturated rings. The normalized spacial score (nSPS) is 11.2. The van der Waals surface area contributed by atoms with Crippen LogP contribution in [0.2, 0.25) is 0 Å². The number of nitrogens with zero attached hydrogens (tertiary/aromatic N) is 2. The van der Waals surface area contributed by atoms with Gasteiger partial charge >= 0.3 is 0 Å². The number of H-pyrrole nitrogens is 1. The molecule has 0 saturated carbocycles. The Morgan fingerprint density at radius 2 is 2.35 bits per heavy atom. The predicted octanol–water partition coefficient (Wildman–Crippen LogP) is 2.30. The van der Waals surface area contributed by atoms with Crippen LogP contribution in [0.3, 0.4) is 0 Å². The molecule has 2 rings (SSSR count). The summed E-state index contributed by atoms with van der Waals surface area (Å²) in [6.45, 7) is 0.415. The van der Waals surface area contributed by atoms with E-state index in [1.54, 1.807) is 22.9 Å². The number of imidazole rings is 1. The molecule has 0 aliphatic rings. The first kappa shape index (κ1) is 14.9. The molecule has 106 valence electrons. The SMILES string of the molecule is Cn1c(C(=O)NCC=Cc2cnc(N)[nH]2)cc(Br)c1Br. The van der Waals surface area contributed by atoms with Gasteiger partial charge in [-0.05, 0) is 44.0 Å². The Bertz CT molecular complexity index is 659. The maximum atomic E-state index is 12.0. The first-order chi connectivity index (χ1) is 9.49. The molecule has 0 atom stereocenters. The molecule has 0 radical (unpaired) electrons. The van der Waals surface area contributed by atoms with Crippen LogP contribution in [-0.4, -0.2) is 27.0 Å². The summed E-state index contributed by atoms with van der Waals surface area (Å²) in [6.07, 6.45) is 5.25. The molecule has 2 aromatic rings. The number of aromatic amines is 1. The second-order valence-electron chi connectivity index (χ2n) is 4.06. The molecule has 0 aliphatic heterocycles. The number of halogens is 2. The number of carbonyl (C=O) groups is 1. The predicted molar refractivity (Wildman–Crippen MR) is 85.2 cm³/mol. The highest BCUT2D eigenvalue weighted by Gasteiger charge is 2.14. The second kappa shape index (κ2) is 6.27. The molecule has 0 aromatic carbocycles. The van der Waals surface area contributed by atoms with E-state index in [1.807, 2.05) is 13.1 Å². The van der Waals surface area contributed by atoms with E-state index in [9.17, 15) is 4.79 Å². The minimum absolute atomic E-state index is 0.146. The number of hydrogen-bond acceptors (Lipinski definition) is 3. The van der Waals surface area contributed by atoms with Crippen LogP contribution in [0.5, 0.6) is 0 Å². The molecule has 0 unspecified atom stereocenters. The second-order valence-corrected chi connectivity index (χ2v) is 5.67. The Hall–Kier alpha value is -1.54. The third-order valence-corrected chi connectivity index (χ3v) is 4.74. The lowest BCUT2D eigenvalue weighted by atomic mass is 10.3. The molecule has 0 saturated heterocycles. The molecule has 2 heterocycles. The quantitative estimate of drug-likeness (QED) is 0.732. The zero-order chi connectivity index (χ0) is 14.7. The molecule has 20 heavy (non-hydrogen) atoms. The average Bonchev–Trinajstić information content (AvgIpc) is 2.94. The number of rotatable bonds is 4. The maximum absolute atomic E-state index is 12.0. The van der Waals surface area contributed by atoms with Gasteiger partial charge in [0.25, 0.3) is 5.91 Å². The van der Waals surface area contributed by atoms with E-state index < -0.39 is 0 Å². The first-order valence-electron chi connectivity index (χ1n) is 5.75. The van der Waals surface area contributed by atoms with Gasteiger partial charge < -0.3 is 20.6 Å². The van der Waals surface area contributed by atoms with Gasteiger partial charge in [0.05, 0.1) is 21.0 Å². The Balaban J connectivity index is 1.92. The lowest BCUT2D eigenvalue weighted by molar-refractivity contribution is 0.0950. The highest BCUT2D eigenvalue weighted by molar-refractivity contribution is 9.13. The van der Waals surface area contributed by atoms with Crippen molar-refractivity contribution in [3.8, 4) is 0 Å². The van der Waals surface area contributed by atoms with E-state index in [4.69, 9.17) is 5.73 Å². The van der Waals surface area contributed by atoms with Gasteiger partial charge in [0.15, 0.2) is 5.95 Å². The summed E-state index contributed by atoms with van der Waals surface area (Å²) < 4.78 is 3.43. The average molecular weight is 403 g/mol. The van der Waals surface area contributed by atoms with Crippen LogP contribution in [0.4, 0.5) is 5.95 Å². The van der Waals surface area contributed by atoms with Crippen LogP contribution in [0.1, 0.15) is 16.2 Å². The van der Waals surface area contributed by atoms with Crippen LogP contribution in [0.15, 0.2) is 27.4 Å².